The van der Waals surface area contributed by atoms with Crippen molar-refractivity contribution in [2.75, 3.05) is 6.54 Å². The lowest BCUT2D eigenvalue weighted by atomic mass is 9.80. The fourth-order valence-corrected chi connectivity index (χ4v) is 3.77. The van der Waals surface area contributed by atoms with Gasteiger partial charge in [-0.25, -0.2) is 0 Å². The molecule has 19 heavy (non-hydrogen) atoms. The van der Waals surface area contributed by atoms with Crippen LogP contribution in [0.1, 0.15) is 58.8 Å². The third-order valence-electron chi connectivity index (χ3n) is 5.18. The van der Waals surface area contributed by atoms with E-state index in [4.69, 9.17) is 5.11 Å². The first kappa shape index (κ1) is 14.4. The predicted molar refractivity (Wildman–Crippen MR) is 72.7 cm³/mol. The Balaban J connectivity index is 2.06. The van der Waals surface area contributed by atoms with Crippen LogP contribution in [0.15, 0.2) is 0 Å². The van der Waals surface area contributed by atoms with E-state index in [1.165, 1.54) is 0 Å². The summed E-state index contributed by atoms with van der Waals surface area (Å²) >= 11 is 0. The summed E-state index contributed by atoms with van der Waals surface area (Å²) in [6.45, 7) is 4.71. The van der Waals surface area contributed by atoms with Gasteiger partial charge >= 0.3 is 5.97 Å². The first-order valence-corrected chi connectivity index (χ1v) is 7.54. The molecule has 1 N–H and O–H groups in total. The smallest absolute Gasteiger partial charge is 0.306 e. The molecule has 0 spiro atoms. The molecule has 1 saturated carbocycles. The van der Waals surface area contributed by atoms with Crippen molar-refractivity contribution >= 4 is 11.9 Å². The van der Waals surface area contributed by atoms with E-state index >= 15 is 0 Å². The third-order valence-corrected chi connectivity index (χ3v) is 5.18. The van der Waals surface area contributed by atoms with Crippen LogP contribution in [0.3, 0.4) is 0 Å². The van der Waals surface area contributed by atoms with Gasteiger partial charge in [-0.1, -0.05) is 19.8 Å². The molecule has 1 aliphatic heterocycles. The zero-order valence-corrected chi connectivity index (χ0v) is 12.0. The SMILES string of the molecule is CCC1(C(=O)N2CCC(C(=O)O)CC2C)CCCC1. The zero-order chi connectivity index (χ0) is 14.0. The van der Waals surface area contributed by atoms with E-state index in [2.05, 4.69) is 6.92 Å². The minimum Gasteiger partial charge on any atom is -0.481 e. The molecule has 0 bridgehead atoms. The molecule has 0 aromatic heterocycles. The Hall–Kier alpha value is -1.06. The molecule has 1 amide bonds. The van der Waals surface area contributed by atoms with Gasteiger partial charge in [-0.3, -0.25) is 9.59 Å². The molecule has 2 rings (SSSR count). The normalized spacial score (nSPS) is 30.3. The average Bonchev–Trinajstić information content (AvgIpc) is 2.87. The van der Waals surface area contributed by atoms with E-state index in [-0.39, 0.29) is 23.3 Å². The minimum absolute atomic E-state index is 0.0615. The van der Waals surface area contributed by atoms with Crippen molar-refractivity contribution in [3.8, 4) is 0 Å². The van der Waals surface area contributed by atoms with Crippen molar-refractivity contribution in [3.05, 3.63) is 0 Å². The lowest BCUT2D eigenvalue weighted by molar-refractivity contribution is -0.152. The van der Waals surface area contributed by atoms with Crippen LogP contribution in [0, 0.1) is 11.3 Å². The van der Waals surface area contributed by atoms with Gasteiger partial charge in [0.25, 0.3) is 0 Å². The molecule has 0 aromatic carbocycles. The summed E-state index contributed by atoms with van der Waals surface area (Å²) in [7, 11) is 0. The van der Waals surface area contributed by atoms with Crippen molar-refractivity contribution in [2.45, 2.75) is 64.8 Å². The maximum atomic E-state index is 12.8. The van der Waals surface area contributed by atoms with Gasteiger partial charge in [-0.15, -0.1) is 0 Å². The fourth-order valence-electron chi connectivity index (χ4n) is 3.77. The molecule has 2 fully saturated rings. The van der Waals surface area contributed by atoms with Gasteiger partial charge in [0.05, 0.1) is 5.92 Å². The van der Waals surface area contributed by atoms with E-state index in [1.54, 1.807) is 0 Å². The monoisotopic (exact) mass is 267 g/mol. The Morgan fingerprint density at radius 2 is 1.95 bits per heavy atom. The van der Waals surface area contributed by atoms with Gasteiger partial charge in [0.2, 0.25) is 5.91 Å². The first-order chi connectivity index (χ1) is 9.00. The molecule has 4 nitrogen and oxygen atoms in total. The fraction of sp³-hybridized carbons (Fsp3) is 0.867. The van der Waals surface area contributed by atoms with Crippen molar-refractivity contribution in [2.24, 2.45) is 11.3 Å². The van der Waals surface area contributed by atoms with Crippen molar-refractivity contribution in [1.82, 2.24) is 4.90 Å². The summed E-state index contributed by atoms with van der Waals surface area (Å²) in [5.74, 6) is -0.714. The van der Waals surface area contributed by atoms with Gasteiger partial charge in [-0.05, 0) is 39.0 Å². The Morgan fingerprint density at radius 3 is 2.42 bits per heavy atom. The summed E-state index contributed by atoms with van der Waals surface area (Å²) in [4.78, 5) is 25.8. The molecule has 1 saturated heterocycles. The van der Waals surface area contributed by atoms with Crippen LogP contribution in [-0.4, -0.2) is 34.5 Å². The first-order valence-electron chi connectivity index (χ1n) is 7.54. The van der Waals surface area contributed by atoms with Crippen LogP contribution < -0.4 is 0 Å². The predicted octanol–water partition coefficient (Wildman–Crippen LogP) is 2.67. The number of rotatable bonds is 3. The lowest BCUT2D eigenvalue weighted by Gasteiger charge is -2.41. The standard InChI is InChI=1S/C15H25NO3/c1-3-15(7-4-5-8-15)14(19)16-9-6-12(13(17)18)10-11(16)2/h11-12H,3-10H2,1-2H3,(H,17,18). The molecule has 1 aliphatic carbocycles. The number of likely N-dealkylation sites (tertiary alicyclic amines) is 1. The largest absolute Gasteiger partial charge is 0.481 e. The highest BCUT2D eigenvalue weighted by Gasteiger charge is 2.44. The average molecular weight is 267 g/mol. The highest BCUT2D eigenvalue weighted by molar-refractivity contribution is 5.83. The Bertz CT molecular complexity index is 360. The lowest BCUT2D eigenvalue weighted by Crippen LogP contribution is -2.51. The van der Waals surface area contributed by atoms with Crippen molar-refractivity contribution < 1.29 is 14.7 Å². The number of hydrogen-bond acceptors (Lipinski definition) is 2. The van der Waals surface area contributed by atoms with E-state index in [9.17, 15) is 9.59 Å². The van der Waals surface area contributed by atoms with E-state index < -0.39 is 5.97 Å². The van der Waals surface area contributed by atoms with Gasteiger partial charge in [-0.2, -0.15) is 0 Å². The third kappa shape index (κ3) is 2.63. The summed E-state index contributed by atoms with van der Waals surface area (Å²) in [6, 6.07) is 0.0615. The Morgan fingerprint density at radius 1 is 1.32 bits per heavy atom. The van der Waals surface area contributed by atoms with Crippen LogP contribution in [0.4, 0.5) is 0 Å². The second kappa shape index (κ2) is 5.51. The van der Waals surface area contributed by atoms with Crippen LogP contribution in [0.25, 0.3) is 0 Å². The van der Waals surface area contributed by atoms with Crippen molar-refractivity contribution in [3.63, 3.8) is 0 Å². The number of nitrogens with zero attached hydrogens (tertiary/aromatic N) is 1. The molecule has 2 aliphatic rings. The van der Waals surface area contributed by atoms with Gasteiger partial charge < -0.3 is 10.0 Å². The minimum atomic E-state index is -0.718. The van der Waals surface area contributed by atoms with E-state index in [0.29, 0.717) is 19.4 Å². The van der Waals surface area contributed by atoms with Gasteiger partial charge in [0.15, 0.2) is 0 Å². The zero-order valence-electron chi connectivity index (χ0n) is 12.0. The maximum absolute atomic E-state index is 12.8. The van der Waals surface area contributed by atoms with Crippen LogP contribution >= 0.6 is 0 Å². The van der Waals surface area contributed by atoms with Crippen molar-refractivity contribution in [1.29, 1.82) is 0 Å². The van der Waals surface area contributed by atoms with Gasteiger partial charge in [0.1, 0.15) is 0 Å². The number of piperidine rings is 1. The van der Waals surface area contributed by atoms with Crippen LogP contribution in [0.2, 0.25) is 0 Å². The molecule has 2 atom stereocenters. The molecule has 0 aromatic rings. The second-order valence-corrected chi connectivity index (χ2v) is 6.25. The molecule has 108 valence electrons. The van der Waals surface area contributed by atoms with Crippen LogP contribution in [-0.2, 0) is 9.59 Å². The number of carbonyl (C=O) groups excluding carboxylic acids is 1. The summed E-state index contributed by atoms with van der Waals surface area (Å²) < 4.78 is 0. The number of aliphatic carboxylic acids is 1. The maximum Gasteiger partial charge on any atom is 0.306 e. The highest BCUT2D eigenvalue weighted by Crippen LogP contribution is 2.43. The summed E-state index contributed by atoms with van der Waals surface area (Å²) in [5, 5.41) is 9.09. The molecular weight excluding hydrogens is 242 g/mol. The number of carboxylic acids is 1. The molecule has 1 heterocycles. The van der Waals surface area contributed by atoms with Gasteiger partial charge in [0, 0.05) is 18.0 Å². The number of carbonyl (C=O) groups is 2. The highest BCUT2D eigenvalue weighted by atomic mass is 16.4. The Kier molecular flexibility index (Phi) is 4.16. The topological polar surface area (TPSA) is 57.6 Å². The second-order valence-electron chi connectivity index (χ2n) is 6.25. The molecule has 2 unspecified atom stereocenters. The van der Waals surface area contributed by atoms with Crippen LogP contribution in [0.5, 0.6) is 0 Å². The number of amides is 1. The molecule has 4 heteroatoms. The number of hydrogen-bond donors (Lipinski definition) is 1. The number of carboxylic acid groups (broad SMARTS) is 1. The summed E-state index contributed by atoms with van der Waals surface area (Å²) in [5.41, 5.74) is -0.148. The summed E-state index contributed by atoms with van der Waals surface area (Å²) in [6.07, 6.45) is 6.43. The quantitative estimate of drug-likeness (QED) is 0.855. The molecular formula is C15H25NO3. The Labute approximate surface area is 115 Å². The molecule has 0 radical (unpaired) electrons. The van der Waals surface area contributed by atoms with E-state index in [0.717, 1.165) is 32.1 Å². The van der Waals surface area contributed by atoms with E-state index in [1.807, 2.05) is 11.8 Å².